The molecule has 1 aromatic carbocycles. The highest BCUT2D eigenvalue weighted by atomic mass is 16.5. The maximum absolute atomic E-state index is 7.46. The van der Waals surface area contributed by atoms with Crippen LogP contribution in [-0.2, 0) is 0 Å². The van der Waals surface area contributed by atoms with Gasteiger partial charge in [0.15, 0.2) is 11.5 Å². The normalized spacial score (nSPS) is 11.0. The van der Waals surface area contributed by atoms with Gasteiger partial charge in [-0.05, 0) is 18.6 Å². The molecular formula is C13H20N2O2. The van der Waals surface area contributed by atoms with Crippen LogP contribution in [0.25, 0.3) is 0 Å². The molecule has 0 heterocycles. The summed E-state index contributed by atoms with van der Waals surface area (Å²) in [6, 6.07) is 7.50. The third-order valence-corrected chi connectivity index (χ3v) is 2.78. The first-order chi connectivity index (χ1) is 7.97. The minimum Gasteiger partial charge on any atom is -0.493 e. The van der Waals surface area contributed by atoms with Crippen LogP contribution in [0.5, 0.6) is 11.5 Å². The van der Waals surface area contributed by atoms with Gasteiger partial charge in [-0.25, -0.2) is 0 Å². The van der Waals surface area contributed by atoms with Gasteiger partial charge in [-0.2, -0.15) is 0 Å². The molecule has 0 fully saturated rings. The Morgan fingerprint density at radius 1 is 1.29 bits per heavy atom. The largest absolute Gasteiger partial charge is 0.493 e. The first-order valence-electron chi connectivity index (χ1n) is 5.57. The Balaban J connectivity index is 2.54. The minimum absolute atomic E-state index is 0.182. The van der Waals surface area contributed by atoms with Gasteiger partial charge in [0, 0.05) is 5.41 Å². The van der Waals surface area contributed by atoms with Gasteiger partial charge < -0.3 is 15.2 Å². The van der Waals surface area contributed by atoms with E-state index in [0.717, 1.165) is 0 Å². The fourth-order valence-electron chi connectivity index (χ4n) is 1.29. The molecule has 0 aliphatic rings. The molecule has 1 rings (SSSR count). The predicted octanol–water partition coefficient (Wildman–Crippen LogP) is 2.43. The topological polar surface area (TPSA) is 68.3 Å². The summed E-state index contributed by atoms with van der Waals surface area (Å²) in [5.74, 6) is 1.61. The zero-order chi connectivity index (χ0) is 12.9. The fourth-order valence-corrected chi connectivity index (χ4v) is 1.29. The number of ether oxygens (including phenoxy) is 2. The lowest BCUT2D eigenvalue weighted by Crippen LogP contribution is -2.32. The van der Waals surface area contributed by atoms with Crippen molar-refractivity contribution in [3.8, 4) is 11.5 Å². The number of benzene rings is 1. The van der Waals surface area contributed by atoms with E-state index < -0.39 is 0 Å². The molecule has 1 aromatic rings. The van der Waals surface area contributed by atoms with Gasteiger partial charge in [0.05, 0.1) is 19.6 Å². The molecule has 0 amide bonds. The Labute approximate surface area is 102 Å². The standard InChI is InChI=1S/C13H20N2O2/c1-13(2,12(14)15)8-9-17-11-7-5-4-6-10(11)16-3/h4-7H,8-9H2,1-3H3,(H3,14,15). The van der Waals surface area contributed by atoms with Gasteiger partial charge in [-0.15, -0.1) is 0 Å². The number of amidine groups is 1. The van der Waals surface area contributed by atoms with Gasteiger partial charge in [0.25, 0.3) is 0 Å². The molecule has 0 bridgehead atoms. The summed E-state index contributed by atoms with van der Waals surface area (Å²) < 4.78 is 10.8. The number of nitrogens with two attached hydrogens (primary N) is 1. The lowest BCUT2D eigenvalue weighted by Gasteiger charge is -2.22. The molecule has 4 heteroatoms. The second kappa shape index (κ2) is 5.57. The average molecular weight is 236 g/mol. The maximum atomic E-state index is 7.46. The molecule has 0 spiro atoms. The summed E-state index contributed by atoms with van der Waals surface area (Å²) >= 11 is 0. The molecule has 0 aliphatic heterocycles. The zero-order valence-electron chi connectivity index (χ0n) is 10.6. The zero-order valence-corrected chi connectivity index (χ0v) is 10.6. The van der Waals surface area contributed by atoms with Gasteiger partial charge in [0.1, 0.15) is 0 Å². The van der Waals surface area contributed by atoms with Crippen LogP contribution in [0, 0.1) is 10.8 Å². The monoisotopic (exact) mass is 236 g/mol. The van der Waals surface area contributed by atoms with Crippen LogP contribution in [0.4, 0.5) is 0 Å². The van der Waals surface area contributed by atoms with Crippen LogP contribution in [0.15, 0.2) is 24.3 Å². The highest BCUT2D eigenvalue weighted by molar-refractivity contribution is 5.82. The molecule has 4 nitrogen and oxygen atoms in total. The highest BCUT2D eigenvalue weighted by Crippen LogP contribution is 2.27. The van der Waals surface area contributed by atoms with Crippen molar-refractivity contribution in [1.29, 1.82) is 5.41 Å². The Morgan fingerprint density at radius 2 is 1.88 bits per heavy atom. The molecule has 17 heavy (non-hydrogen) atoms. The number of hydrogen-bond donors (Lipinski definition) is 2. The second-order valence-corrected chi connectivity index (χ2v) is 4.55. The van der Waals surface area contributed by atoms with Crippen molar-refractivity contribution in [3.05, 3.63) is 24.3 Å². The third kappa shape index (κ3) is 3.66. The molecule has 0 aliphatic carbocycles. The quantitative estimate of drug-likeness (QED) is 0.588. The lowest BCUT2D eigenvalue weighted by molar-refractivity contribution is 0.256. The number of methoxy groups -OCH3 is 1. The molecule has 3 N–H and O–H groups in total. The molecule has 0 saturated carbocycles. The second-order valence-electron chi connectivity index (χ2n) is 4.55. The van der Waals surface area contributed by atoms with Crippen molar-refractivity contribution < 1.29 is 9.47 Å². The molecule has 94 valence electrons. The Bertz CT molecular complexity index is 389. The van der Waals surface area contributed by atoms with E-state index in [9.17, 15) is 0 Å². The number of hydrogen-bond acceptors (Lipinski definition) is 3. The number of para-hydroxylation sites is 2. The van der Waals surface area contributed by atoms with E-state index in [-0.39, 0.29) is 11.3 Å². The fraction of sp³-hybridized carbons (Fsp3) is 0.462. The Kier molecular flexibility index (Phi) is 4.37. The van der Waals surface area contributed by atoms with Crippen molar-refractivity contribution in [2.75, 3.05) is 13.7 Å². The predicted molar refractivity (Wildman–Crippen MR) is 68.8 cm³/mol. The molecular weight excluding hydrogens is 216 g/mol. The highest BCUT2D eigenvalue weighted by Gasteiger charge is 2.21. The lowest BCUT2D eigenvalue weighted by atomic mass is 9.88. The summed E-state index contributed by atoms with van der Waals surface area (Å²) in [7, 11) is 1.61. The first-order valence-corrected chi connectivity index (χ1v) is 5.57. The SMILES string of the molecule is COc1ccccc1OCCC(C)(C)C(=N)N. The van der Waals surface area contributed by atoms with E-state index >= 15 is 0 Å². The smallest absolute Gasteiger partial charge is 0.161 e. The van der Waals surface area contributed by atoms with Crippen LogP contribution in [0.3, 0.4) is 0 Å². The van der Waals surface area contributed by atoms with Gasteiger partial charge >= 0.3 is 0 Å². The molecule has 0 aromatic heterocycles. The molecule has 0 atom stereocenters. The van der Waals surface area contributed by atoms with Gasteiger partial charge in [0.2, 0.25) is 0 Å². The van der Waals surface area contributed by atoms with E-state index in [1.165, 1.54) is 0 Å². The van der Waals surface area contributed by atoms with E-state index in [1.807, 2.05) is 38.1 Å². The van der Waals surface area contributed by atoms with Crippen molar-refractivity contribution in [1.82, 2.24) is 0 Å². The summed E-state index contributed by atoms with van der Waals surface area (Å²) in [4.78, 5) is 0. The van der Waals surface area contributed by atoms with E-state index in [0.29, 0.717) is 24.5 Å². The van der Waals surface area contributed by atoms with Crippen molar-refractivity contribution in [2.24, 2.45) is 11.1 Å². The number of rotatable bonds is 6. The van der Waals surface area contributed by atoms with Crippen molar-refractivity contribution >= 4 is 5.84 Å². The third-order valence-electron chi connectivity index (χ3n) is 2.78. The van der Waals surface area contributed by atoms with E-state index in [1.54, 1.807) is 7.11 Å². The molecule has 0 saturated heterocycles. The van der Waals surface area contributed by atoms with Crippen molar-refractivity contribution in [3.63, 3.8) is 0 Å². The summed E-state index contributed by atoms with van der Waals surface area (Å²) in [6.07, 6.45) is 0.695. The van der Waals surface area contributed by atoms with Crippen LogP contribution < -0.4 is 15.2 Å². The molecule has 0 unspecified atom stereocenters. The van der Waals surface area contributed by atoms with Crippen LogP contribution in [0.2, 0.25) is 0 Å². The Hall–Kier alpha value is -1.71. The summed E-state index contributed by atoms with van der Waals surface area (Å²) in [5.41, 5.74) is 5.18. The van der Waals surface area contributed by atoms with E-state index in [2.05, 4.69) is 0 Å². The summed E-state index contributed by atoms with van der Waals surface area (Å²) in [5, 5.41) is 7.46. The number of nitrogens with one attached hydrogen (secondary N) is 1. The maximum Gasteiger partial charge on any atom is 0.161 e. The minimum atomic E-state index is -0.331. The first kappa shape index (κ1) is 13.4. The Morgan fingerprint density at radius 3 is 2.41 bits per heavy atom. The van der Waals surface area contributed by atoms with Gasteiger partial charge in [-0.1, -0.05) is 26.0 Å². The van der Waals surface area contributed by atoms with Crippen LogP contribution in [0.1, 0.15) is 20.3 Å². The van der Waals surface area contributed by atoms with E-state index in [4.69, 9.17) is 20.6 Å². The van der Waals surface area contributed by atoms with Crippen molar-refractivity contribution in [2.45, 2.75) is 20.3 Å². The summed E-state index contributed by atoms with van der Waals surface area (Å²) in [6.45, 7) is 4.37. The van der Waals surface area contributed by atoms with Crippen LogP contribution in [-0.4, -0.2) is 19.6 Å². The van der Waals surface area contributed by atoms with Gasteiger partial charge in [-0.3, -0.25) is 5.41 Å². The molecule has 0 radical (unpaired) electrons. The van der Waals surface area contributed by atoms with Crippen LogP contribution >= 0.6 is 0 Å². The average Bonchev–Trinajstić information content (AvgIpc) is 2.29.